The highest BCUT2D eigenvalue weighted by atomic mass is 19.1. The summed E-state index contributed by atoms with van der Waals surface area (Å²) in [6.45, 7) is 5.04. The van der Waals surface area contributed by atoms with Crippen molar-refractivity contribution in [1.82, 2.24) is 14.9 Å². The number of benzene rings is 2. The highest BCUT2D eigenvalue weighted by Gasteiger charge is 2.31. The van der Waals surface area contributed by atoms with E-state index in [1.807, 2.05) is 48.2 Å². The number of rotatable bonds is 7. The van der Waals surface area contributed by atoms with Gasteiger partial charge < -0.3 is 20.5 Å². The second kappa shape index (κ2) is 10.3. The monoisotopic (exact) mass is 497 g/mol. The zero-order valence-corrected chi connectivity index (χ0v) is 20.7. The Labute approximate surface area is 214 Å². The van der Waals surface area contributed by atoms with Crippen LogP contribution < -0.4 is 10.6 Å². The van der Waals surface area contributed by atoms with E-state index in [1.54, 1.807) is 31.3 Å². The van der Waals surface area contributed by atoms with Crippen LogP contribution in [-0.2, 0) is 11.2 Å². The first kappa shape index (κ1) is 24.2. The molecule has 2 aromatic carbocycles. The largest absolute Gasteiger partial charge is 0.356 e. The summed E-state index contributed by atoms with van der Waals surface area (Å²) < 4.78 is 13.3. The molecule has 8 heteroatoms. The Hall–Kier alpha value is -4.46. The zero-order valence-electron chi connectivity index (χ0n) is 20.7. The minimum absolute atomic E-state index is 0.0135. The molecule has 3 N–H and O–H groups in total. The summed E-state index contributed by atoms with van der Waals surface area (Å²) in [5.74, 6) is -0.716. The van der Waals surface area contributed by atoms with E-state index in [0.29, 0.717) is 35.7 Å². The molecule has 1 aliphatic heterocycles. The van der Waals surface area contributed by atoms with Crippen molar-refractivity contribution in [3.63, 3.8) is 0 Å². The lowest BCUT2D eigenvalue weighted by Crippen LogP contribution is -2.37. The maximum atomic E-state index is 13.3. The van der Waals surface area contributed by atoms with Gasteiger partial charge in [0.1, 0.15) is 11.6 Å². The number of H-pyrrole nitrogens is 1. The van der Waals surface area contributed by atoms with Crippen LogP contribution in [0.4, 0.5) is 21.6 Å². The first-order chi connectivity index (χ1) is 17.9. The Kier molecular flexibility index (Phi) is 6.72. The van der Waals surface area contributed by atoms with E-state index in [4.69, 9.17) is 0 Å². The number of nitrogens with zero attached hydrogens (tertiary/aromatic N) is 2. The summed E-state index contributed by atoms with van der Waals surface area (Å²) in [6, 6.07) is 19.2. The molecule has 1 aliphatic rings. The van der Waals surface area contributed by atoms with E-state index in [9.17, 15) is 14.0 Å². The van der Waals surface area contributed by atoms with E-state index in [-0.39, 0.29) is 17.6 Å². The molecule has 0 radical (unpaired) electrons. The number of hydrogen-bond acceptors (Lipinski definition) is 4. The van der Waals surface area contributed by atoms with Gasteiger partial charge in [0.2, 0.25) is 5.91 Å². The van der Waals surface area contributed by atoms with Crippen LogP contribution in [0.25, 0.3) is 11.3 Å². The molecule has 4 aromatic rings. The second-order valence-corrected chi connectivity index (χ2v) is 9.05. The molecule has 0 aliphatic carbocycles. The van der Waals surface area contributed by atoms with Gasteiger partial charge in [-0.25, -0.2) is 9.37 Å². The summed E-state index contributed by atoms with van der Waals surface area (Å²) in [6.07, 6.45) is 2.35. The number of nitrogens with one attached hydrogen (secondary N) is 3. The maximum absolute atomic E-state index is 13.3. The van der Waals surface area contributed by atoms with Gasteiger partial charge in [-0.05, 0) is 55.8 Å². The Morgan fingerprint density at radius 2 is 1.89 bits per heavy atom. The van der Waals surface area contributed by atoms with Crippen molar-refractivity contribution >= 4 is 29.0 Å². The lowest BCUT2D eigenvalue weighted by Gasteiger charge is -2.26. The number of hydrogen-bond donors (Lipinski definition) is 3. The smallest absolute Gasteiger partial charge is 0.257 e. The van der Waals surface area contributed by atoms with Gasteiger partial charge in [-0.15, -0.1) is 0 Å². The number of aromatic amines is 1. The van der Waals surface area contributed by atoms with Crippen molar-refractivity contribution in [2.45, 2.75) is 26.2 Å². The first-order valence-corrected chi connectivity index (χ1v) is 12.3. The summed E-state index contributed by atoms with van der Waals surface area (Å²) in [4.78, 5) is 35.9. The molecule has 0 spiro atoms. The van der Waals surface area contributed by atoms with Crippen LogP contribution in [0, 0.1) is 5.82 Å². The highest BCUT2D eigenvalue weighted by Crippen LogP contribution is 2.38. The molecule has 37 heavy (non-hydrogen) atoms. The highest BCUT2D eigenvalue weighted by molar-refractivity contribution is 6.06. The Morgan fingerprint density at radius 1 is 1.14 bits per heavy atom. The quantitative estimate of drug-likeness (QED) is 0.305. The number of pyridine rings is 1. The fourth-order valence-electron chi connectivity index (χ4n) is 4.58. The molecule has 0 saturated heterocycles. The number of carbonyl (C=O) groups is 2. The topological polar surface area (TPSA) is 90.1 Å². The minimum Gasteiger partial charge on any atom is -0.356 e. The molecule has 1 atom stereocenters. The molecule has 0 fully saturated rings. The van der Waals surface area contributed by atoms with E-state index in [1.165, 1.54) is 12.1 Å². The summed E-state index contributed by atoms with van der Waals surface area (Å²) in [5, 5.41) is 6.31. The second-order valence-electron chi connectivity index (χ2n) is 9.05. The van der Waals surface area contributed by atoms with Crippen molar-refractivity contribution in [3.8, 4) is 11.3 Å². The fourth-order valence-corrected chi connectivity index (χ4v) is 4.58. The van der Waals surface area contributed by atoms with Crippen molar-refractivity contribution in [1.29, 1.82) is 0 Å². The lowest BCUT2D eigenvalue weighted by molar-refractivity contribution is -0.117. The van der Waals surface area contributed by atoms with Crippen LogP contribution in [0.1, 0.15) is 41.4 Å². The van der Waals surface area contributed by atoms with E-state index < -0.39 is 5.92 Å². The molecule has 7 nitrogen and oxygen atoms in total. The van der Waals surface area contributed by atoms with E-state index in [2.05, 4.69) is 20.6 Å². The van der Waals surface area contributed by atoms with Gasteiger partial charge in [0.05, 0.1) is 22.9 Å². The minimum atomic E-state index is -0.489. The number of likely N-dealkylation sites (N-methyl/N-ethyl adjacent to an activating group) is 1. The standard InChI is InChI=1S/C29H28FN5O2/c1-3-35-16-14-23-25(29(35)37)27(32-22-7-5-4-6-8-22)26(33-23)20-13-15-31-24(17-20)34-28(36)18(2)19-9-11-21(30)12-10-19/h4-13,15,17-18,32-33H,3,14,16H2,1-2H3,(H,31,34,36). The van der Waals surface area contributed by atoms with Crippen LogP contribution >= 0.6 is 0 Å². The van der Waals surface area contributed by atoms with Gasteiger partial charge in [-0.1, -0.05) is 30.3 Å². The number of halogens is 1. The van der Waals surface area contributed by atoms with Crippen LogP contribution in [0.15, 0.2) is 72.9 Å². The number of para-hydroxylation sites is 1. The van der Waals surface area contributed by atoms with Gasteiger partial charge in [0.25, 0.3) is 5.91 Å². The summed E-state index contributed by atoms with van der Waals surface area (Å²) in [5.41, 5.74) is 5.33. The van der Waals surface area contributed by atoms with Crippen LogP contribution in [0.3, 0.4) is 0 Å². The molecular weight excluding hydrogens is 469 g/mol. The first-order valence-electron chi connectivity index (χ1n) is 12.3. The van der Waals surface area contributed by atoms with E-state index in [0.717, 1.165) is 29.1 Å². The van der Waals surface area contributed by atoms with Crippen molar-refractivity contribution in [2.75, 3.05) is 23.7 Å². The SMILES string of the molecule is CCN1CCc2[nH]c(-c3ccnc(NC(=O)C(C)c4ccc(F)cc4)c3)c(Nc3ccccc3)c2C1=O. The molecule has 3 heterocycles. The van der Waals surface area contributed by atoms with Gasteiger partial charge in [0.15, 0.2) is 0 Å². The van der Waals surface area contributed by atoms with Crippen molar-refractivity contribution in [2.24, 2.45) is 0 Å². The third-order valence-electron chi connectivity index (χ3n) is 6.70. The van der Waals surface area contributed by atoms with Crippen LogP contribution in [0.5, 0.6) is 0 Å². The molecule has 2 amide bonds. The Bertz CT molecular complexity index is 1430. The van der Waals surface area contributed by atoms with Gasteiger partial charge in [-0.3, -0.25) is 9.59 Å². The Morgan fingerprint density at radius 3 is 2.62 bits per heavy atom. The van der Waals surface area contributed by atoms with Gasteiger partial charge in [0, 0.05) is 42.7 Å². The normalized spacial score (nSPS) is 13.7. The number of anilines is 3. The third-order valence-corrected chi connectivity index (χ3v) is 6.70. The summed E-state index contributed by atoms with van der Waals surface area (Å²) >= 11 is 0. The molecule has 0 saturated carbocycles. The van der Waals surface area contributed by atoms with Crippen LogP contribution in [-0.4, -0.2) is 39.8 Å². The zero-order chi connectivity index (χ0) is 25.9. The number of fused-ring (bicyclic) bond motifs is 1. The molecule has 2 aromatic heterocycles. The van der Waals surface area contributed by atoms with Crippen molar-refractivity contribution in [3.05, 3.63) is 95.6 Å². The predicted octanol–water partition coefficient (Wildman–Crippen LogP) is 5.72. The molecule has 5 rings (SSSR count). The average molecular weight is 498 g/mol. The predicted molar refractivity (Wildman–Crippen MR) is 142 cm³/mol. The Balaban J connectivity index is 1.48. The lowest BCUT2D eigenvalue weighted by atomic mass is 10.0. The summed E-state index contributed by atoms with van der Waals surface area (Å²) in [7, 11) is 0. The van der Waals surface area contributed by atoms with Crippen LogP contribution in [0.2, 0.25) is 0 Å². The van der Waals surface area contributed by atoms with Gasteiger partial charge in [-0.2, -0.15) is 0 Å². The maximum Gasteiger partial charge on any atom is 0.257 e. The number of aromatic nitrogens is 2. The van der Waals surface area contributed by atoms with E-state index >= 15 is 0 Å². The van der Waals surface area contributed by atoms with Crippen molar-refractivity contribution < 1.29 is 14.0 Å². The number of carbonyl (C=O) groups excluding carboxylic acids is 2. The third kappa shape index (κ3) is 4.95. The number of amides is 2. The average Bonchev–Trinajstić information content (AvgIpc) is 3.28. The molecule has 0 bridgehead atoms. The fraction of sp³-hybridized carbons (Fsp3) is 0.207. The molecule has 1 unspecified atom stereocenters. The molecule has 188 valence electrons. The molecular formula is C29H28FN5O2. The van der Waals surface area contributed by atoms with Gasteiger partial charge >= 0.3 is 0 Å².